The summed E-state index contributed by atoms with van der Waals surface area (Å²) in [5.74, 6) is -2.61. The summed E-state index contributed by atoms with van der Waals surface area (Å²) in [7, 11) is 0. The lowest BCUT2D eigenvalue weighted by atomic mass is 10.0. The molecular formula is C25H34N2O5. The number of carboxylic acids is 2. The quantitative estimate of drug-likeness (QED) is 0.455. The van der Waals surface area contributed by atoms with Crippen LogP contribution in [-0.4, -0.2) is 77.8 Å². The molecule has 0 bridgehead atoms. The third kappa shape index (κ3) is 9.49. The first-order valence-electron chi connectivity index (χ1n) is 11.1. The minimum absolute atomic E-state index is 0.806. The zero-order chi connectivity index (χ0) is 23.2. The van der Waals surface area contributed by atoms with E-state index in [1.54, 1.807) is 0 Å². The summed E-state index contributed by atoms with van der Waals surface area (Å²) in [4.78, 5) is 23.3. The van der Waals surface area contributed by atoms with Gasteiger partial charge in [0.15, 0.2) is 0 Å². The van der Waals surface area contributed by atoms with E-state index in [2.05, 4.69) is 71.3 Å². The molecule has 3 rings (SSSR count). The van der Waals surface area contributed by atoms with Crippen molar-refractivity contribution in [2.24, 2.45) is 0 Å². The van der Waals surface area contributed by atoms with E-state index in [-0.39, 0.29) is 0 Å². The molecule has 1 aliphatic rings. The van der Waals surface area contributed by atoms with Gasteiger partial charge in [0.2, 0.25) is 0 Å². The Bertz CT molecular complexity index is 808. The molecule has 1 heterocycles. The molecule has 174 valence electrons. The van der Waals surface area contributed by atoms with Gasteiger partial charge in [0.05, 0.1) is 6.61 Å². The summed E-state index contributed by atoms with van der Waals surface area (Å²) in [6, 6.07) is 19.0. The molecule has 2 aromatic carbocycles. The van der Waals surface area contributed by atoms with Crippen molar-refractivity contribution < 1.29 is 24.5 Å². The first-order chi connectivity index (χ1) is 15.5. The van der Waals surface area contributed by atoms with Gasteiger partial charge in [-0.25, -0.2) is 9.59 Å². The number of likely N-dealkylation sites (N-methyl/N-ethyl adjacent to an activating group) is 1. The molecule has 2 N–H and O–H groups in total. The fourth-order valence-corrected chi connectivity index (χ4v) is 3.56. The van der Waals surface area contributed by atoms with E-state index in [0.717, 1.165) is 25.2 Å². The van der Waals surface area contributed by atoms with E-state index in [4.69, 9.17) is 24.5 Å². The number of rotatable bonds is 9. The first-order valence-corrected chi connectivity index (χ1v) is 11.1. The molecule has 0 spiro atoms. The third-order valence-corrected chi connectivity index (χ3v) is 5.43. The Morgan fingerprint density at radius 3 is 2.06 bits per heavy atom. The molecule has 0 unspecified atom stereocenters. The van der Waals surface area contributed by atoms with Crippen molar-refractivity contribution >= 4 is 11.9 Å². The highest BCUT2D eigenvalue weighted by molar-refractivity contribution is 6.27. The fourth-order valence-electron chi connectivity index (χ4n) is 3.56. The van der Waals surface area contributed by atoms with Gasteiger partial charge in [-0.15, -0.1) is 0 Å². The lowest BCUT2D eigenvalue weighted by Gasteiger charge is -2.33. The number of hydrogen-bond acceptors (Lipinski definition) is 5. The number of piperazine rings is 1. The van der Waals surface area contributed by atoms with E-state index in [1.807, 2.05) is 0 Å². The highest BCUT2D eigenvalue weighted by Crippen LogP contribution is 2.21. The zero-order valence-corrected chi connectivity index (χ0v) is 18.8. The molecule has 0 amide bonds. The summed E-state index contributed by atoms with van der Waals surface area (Å²) in [5, 5.41) is 14.8. The maximum Gasteiger partial charge on any atom is 0.414 e. The molecule has 7 nitrogen and oxygen atoms in total. The number of para-hydroxylation sites is 1. The molecule has 0 saturated carbocycles. The summed E-state index contributed by atoms with van der Waals surface area (Å²) in [5.41, 5.74) is 2.60. The van der Waals surface area contributed by atoms with Gasteiger partial charge in [-0.05, 0) is 43.1 Å². The van der Waals surface area contributed by atoms with Crippen LogP contribution in [0, 0.1) is 0 Å². The van der Waals surface area contributed by atoms with Crippen LogP contribution in [0.1, 0.15) is 30.9 Å². The van der Waals surface area contributed by atoms with Gasteiger partial charge in [-0.2, -0.15) is 0 Å². The van der Waals surface area contributed by atoms with Crippen LogP contribution in [0.4, 0.5) is 0 Å². The Labute approximate surface area is 190 Å². The van der Waals surface area contributed by atoms with Gasteiger partial charge < -0.3 is 24.7 Å². The largest absolute Gasteiger partial charge is 0.493 e. The molecule has 0 aliphatic carbocycles. The number of benzene rings is 2. The molecule has 1 saturated heterocycles. The van der Waals surface area contributed by atoms with E-state index < -0.39 is 11.9 Å². The second-order valence-electron chi connectivity index (χ2n) is 7.71. The standard InChI is InChI=1S/C23H32N2O.C2H2O4/c1-2-24-15-17-25(18-16-24)14-8-9-19-26-23-13-7-6-12-22(23)20-21-10-4-3-5-11-21;3-1(4)2(5)6/h3-7,10-13H,2,8-9,14-20H2,1H3;(H,3,4)(H,5,6). The van der Waals surface area contributed by atoms with Crippen LogP contribution in [0.3, 0.4) is 0 Å². The van der Waals surface area contributed by atoms with Crippen molar-refractivity contribution in [3.8, 4) is 5.75 Å². The van der Waals surface area contributed by atoms with Gasteiger partial charge in [0.25, 0.3) is 0 Å². The third-order valence-electron chi connectivity index (χ3n) is 5.43. The van der Waals surface area contributed by atoms with Crippen molar-refractivity contribution in [3.63, 3.8) is 0 Å². The molecule has 0 aromatic heterocycles. The summed E-state index contributed by atoms with van der Waals surface area (Å²) in [6.07, 6.45) is 3.26. The Morgan fingerprint density at radius 2 is 1.44 bits per heavy atom. The number of aliphatic carboxylic acids is 2. The molecule has 7 heteroatoms. The highest BCUT2D eigenvalue weighted by atomic mass is 16.5. The van der Waals surface area contributed by atoms with Crippen LogP contribution in [0.5, 0.6) is 5.75 Å². The first kappa shape index (κ1) is 25.4. The molecule has 32 heavy (non-hydrogen) atoms. The molecule has 0 atom stereocenters. The topological polar surface area (TPSA) is 90.3 Å². The normalized spacial score (nSPS) is 14.3. The Morgan fingerprint density at radius 1 is 0.844 bits per heavy atom. The van der Waals surface area contributed by atoms with Gasteiger partial charge in [0, 0.05) is 32.6 Å². The van der Waals surface area contributed by atoms with Gasteiger partial charge >= 0.3 is 11.9 Å². The van der Waals surface area contributed by atoms with Gasteiger partial charge in [0.1, 0.15) is 5.75 Å². The van der Waals surface area contributed by atoms with Crippen LogP contribution in [0.15, 0.2) is 54.6 Å². The van der Waals surface area contributed by atoms with Gasteiger partial charge in [-0.3, -0.25) is 0 Å². The van der Waals surface area contributed by atoms with Crippen LogP contribution in [0.25, 0.3) is 0 Å². The number of hydrogen-bond donors (Lipinski definition) is 2. The van der Waals surface area contributed by atoms with E-state index in [9.17, 15) is 0 Å². The number of nitrogens with zero attached hydrogens (tertiary/aromatic N) is 2. The molecule has 2 aromatic rings. The predicted molar refractivity (Wildman–Crippen MR) is 124 cm³/mol. The lowest BCUT2D eigenvalue weighted by Crippen LogP contribution is -2.46. The van der Waals surface area contributed by atoms with Crippen LogP contribution < -0.4 is 4.74 Å². The average Bonchev–Trinajstić information content (AvgIpc) is 2.81. The lowest BCUT2D eigenvalue weighted by molar-refractivity contribution is -0.159. The zero-order valence-electron chi connectivity index (χ0n) is 18.8. The summed E-state index contributed by atoms with van der Waals surface area (Å²) < 4.78 is 6.11. The predicted octanol–water partition coefficient (Wildman–Crippen LogP) is 3.23. The summed E-state index contributed by atoms with van der Waals surface area (Å²) >= 11 is 0. The minimum Gasteiger partial charge on any atom is -0.493 e. The van der Waals surface area contributed by atoms with Crippen molar-refractivity contribution in [2.75, 3.05) is 45.9 Å². The van der Waals surface area contributed by atoms with E-state index >= 15 is 0 Å². The van der Waals surface area contributed by atoms with Crippen molar-refractivity contribution in [1.29, 1.82) is 0 Å². The number of carbonyl (C=O) groups is 2. The Hall–Kier alpha value is -2.90. The average molecular weight is 443 g/mol. The number of unbranched alkanes of at least 4 members (excludes halogenated alkanes) is 1. The molecule has 1 aliphatic heterocycles. The van der Waals surface area contributed by atoms with E-state index in [0.29, 0.717) is 0 Å². The van der Waals surface area contributed by atoms with Crippen molar-refractivity contribution in [1.82, 2.24) is 9.80 Å². The van der Waals surface area contributed by atoms with Crippen LogP contribution >= 0.6 is 0 Å². The SMILES string of the molecule is CCN1CCN(CCCCOc2ccccc2Cc2ccccc2)CC1.O=C(O)C(=O)O. The van der Waals surface area contributed by atoms with Crippen molar-refractivity contribution in [3.05, 3.63) is 65.7 Å². The minimum atomic E-state index is -1.82. The Kier molecular flexibility index (Phi) is 11.3. The van der Waals surface area contributed by atoms with Crippen LogP contribution in [0.2, 0.25) is 0 Å². The van der Waals surface area contributed by atoms with Gasteiger partial charge in [-0.1, -0.05) is 55.5 Å². The smallest absolute Gasteiger partial charge is 0.414 e. The number of carboxylic acid groups (broad SMARTS) is 2. The maximum atomic E-state index is 9.10. The highest BCUT2D eigenvalue weighted by Gasteiger charge is 2.14. The van der Waals surface area contributed by atoms with Crippen LogP contribution in [-0.2, 0) is 16.0 Å². The second kappa shape index (κ2) is 14.2. The van der Waals surface area contributed by atoms with E-state index in [1.165, 1.54) is 56.8 Å². The Balaban J connectivity index is 0.000000534. The molecular weight excluding hydrogens is 408 g/mol. The summed E-state index contributed by atoms with van der Waals surface area (Å²) in [6.45, 7) is 10.3. The van der Waals surface area contributed by atoms with Crippen molar-refractivity contribution in [2.45, 2.75) is 26.2 Å². The molecule has 1 fully saturated rings. The molecule has 0 radical (unpaired) electrons. The second-order valence-corrected chi connectivity index (χ2v) is 7.71. The monoisotopic (exact) mass is 442 g/mol. The number of ether oxygens (including phenoxy) is 1. The maximum absolute atomic E-state index is 9.10. The fraction of sp³-hybridized carbons (Fsp3) is 0.440.